The van der Waals surface area contributed by atoms with Crippen molar-refractivity contribution in [3.63, 3.8) is 0 Å². The third kappa shape index (κ3) is 3.54. The topological polar surface area (TPSA) is 66.9 Å². The number of halogens is 2. The second-order valence-corrected chi connectivity index (χ2v) is 9.43. The zero-order valence-corrected chi connectivity index (χ0v) is 17.1. The lowest BCUT2D eigenvalue weighted by atomic mass is 10.0. The van der Waals surface area contributed by atoms with Crippen molar-refractivity contribution in [2.45, 2.75) is 50.1 Å². The Morgan fingerprint density at radius 1 is 1.23 bits per heavy atom. The number of nitrogens with zero attached hydrogens (tertiary/aromatic N) is 2. The summed E-state index contributed by atoms with van der Waals surface area (Å²) in [6.07, 6.45) is 1.68. The van der Waals surface area contributed by atoms with Crippen molar-refractivity contribution in [2.24, 2.45) is 0 Å². The predicted molar refractivity (Wildman–Crippen MR) is 100 cm³/mol. The Balaban J connectivity index is 1.76. The molecule has 0 bridgehead atoms. The summed E-state index contributed by atoms with van der Waals surface area (Å²) in [5, 5.41) is 0.537. The molecule has 2 heterocycles. The maximum Gasteiger partial charge on any atom is 0.410 e. The number of hydrogen-bond acceptors (Lipinski definition) is 4. The van der Waals surface area contributed by atoms with Crippen molar-refractivity contribution in [2.75, 3.05) is 19.7 Å². The molecule has 2 aliphatic heterocycles. The molecule has 0 N–H and O–H groups in total. The highest BCUT2D eigenvalue weighted by atomic mass is 35.5. The van der Waals surface area contributed by atoms with Crippen LogP contribution in [-0.2, 0) is 14.8 Å². The molecule has 6 nitrogen and oxygen atoms in total. The van der Waals surface area contributed by atoms with E-state index in [4.69, 9.17) is 27.9 Å². The average Bonchev–Trinajstić information content (AvgIpc) is 2.94. The highest BCUT2D eigenvalue weighted by molar-refractivity contribution is 7.89. The van der Waals surface area contributed by atoms with Crippen LogP contribution in [0.4, 0.5) is 4.79 Å². The van der Waals surface area contributed by atoms with Crippen molar-refractivity contribution >= 4 is 39.3 Å². The zero-order valence-electron chi connectivity index (χ0n) is 14.7. The summed E-state index contributed by atoms with van der Waals surface area (Å²) >= 11 is 12.1. The molecule has 9 heteroatoms. The van der Waals surface area contributed by atoms with E-state index in [-0.39, 0.29) is 28.1 Å². The molecule has 144 valence electrons. The quantitative estimate of drug-likeness (QED) is 0.744. The number of carbonyl (C=O) groups excluding carboxylic acids is 1. The Morgan fingerprint density at radius 3 is 2.46 bits per heavy atom. The van der Waals surface area contributed by atoms with E-state index in [1.807, 2.05) is 6.92 Å². The van der Waals surface area contributed by atoms with Gasteiger partial charge in [-0.15, -0.1) is 0 Å². The molecule has 3 rings (SSSR count). The van der Waals surface area contributed by atoms with Gasteiger partial charge in [-0.05, 0) is 43.9 Å². The van der Waals surface area contributed by atoms with E-state index in [1.54, 1.807) is 17.9 Å². The van der Waals surface area contributed by atoms with Crippen LogP contribution in [0.25, 0.3) is 0 Å². The maximum atomic E-state index is 13.0. The number of aryl methyl sites for hydroxylation is 1. The second-order valence-electron chi connectivity index (χ2n) is 6.72. The molecule has 1 aromatic rings. The monoisotopic (exact) mass is 420 g/mol. The van der Waals surface area contributed by atoms with Gasteiger partial charge in [0.05, 0.1) is 11.1 Å². The summed E-state index contributed by atoms with van der Waals surface area (Å²) in [5.74, 6) is 0. The highest BCUT2D eigenvalue weighted by Crippen LogP contribution is 2.33. The fourth-order valence-electron chi connectivity index (χ4n) is 3.74. The minimum Gasteiger partial charge on any atom is -0.447 e. The van der Waals surface area contributed by atoms with Crippen LogP contribution in [0.1, 0.15) is 31.7 Å². The number of cyclic esters (lactones) is 1. The number of piperidine rings is 1. The number of benzene rings is 1. The summed E-state index contributed by atoms with van der Waals surface area (Å²) < 4.78 is 32.7. The van der Waals surface area contributed by atoms with Crippen molar-refractivity contribution in [1.29, 1.82) is 0 Å². The second kappa shape index (κ2) is 7.54. The van der Waals surface area contributed by atoms with Gasteiger partial charge in [0.1, 0.15) is 11.5 Å². The highest BCUT2D eigenvalue weighted by Gasteiger charge is 2.40. The van der Waals surface area contributed by atoms with Crippen LogP contribution in [0.2, 0.25) is 10.0 Å². The first kappa shape index (κ1) is 19.7. The summed E-state index contributed by atoms with van der Waals surface area (Å²) in [7, 11) is -3.71. The van der Waals surface area contributed by atoms with Crippen molar-refractivity contribution in [3.05, 3.63) is 27.7 Å². The zero-order chi connectivity index (χ0) is 19.1. The van der Waals surface area contributed by atoms with E-state index in [0.29, 0.717) is 43.1 Å². The number of ether oxygens (including phenoxy) is 1. The molecular formula is C17H22Cl2N2O4S. The van der Waals surface area contributed by atoms with Crippen LogP contribution in [0.15, 0.2) is 17.0 Å². The normalized spacial score (nSPS) is 22.7. The summed E-state index contributed by atoms with van der Waals surface area (Å²) in [5.41, 5.74) is 0.527. The maximum absolute atomic E-state index is 13.0. The molecule has 1 atom stereocenters. The predicted octanol–water partition coefficient (Wildman–Crippen LogP) is 3.69. The molecule has 2 saturated heterocycles. The molecule has 0 aliphatic carbocycles. The lowest BCUT2D eigenvalue weighted by Gasteiger charge is -2.37. The first-order chi connectivity index (χ1) is 12.3. The van der Waals surface area contributed by atoms with Crippen molar-refractivity contribution in [3.8, 4) is 0 Å². The van der Waals surface area contributed by atoms with Gasteiger partial charge in [0.25, 0.3) is 0 Å². The van der Waals surface area contributed by atoms with Crippen molar-refractivity contribution in [1.82, 2.24) is 9.21 Å². The van der Waals surface area contributed by atoms with Gasteiger partial charge in [0, 0.05) is 24.2 Å². The van der Waals surface area contributed by atoms with Gasteiger partial charge in [-0.1, -0.05) is 30.1 Å². The Kier molecular flexibility index (Phi) is 5.72. The average molecular weight is 421 g/mol. The first-order valence-electron chi connectivity index (χ1n) is 8.66. The minimum absolute atomic E-state index is 0.00295. The lowest BCUT2D eigenvalue weighted by molar-refractivity contribution is 0.124. The number of carbonyl (C=O) groups is 1. The smallest absolute Gasteiger partial charge is 0.410 e. The van der Waals surface area contributed by atoms with E-state index in [9.17, 15) is 13.2 Å². The van der Waals surface area contributed by atoms with Crippen LogP contribution in [0, 0.1) is 6.92 Å². The first-order valence-corrected chi connectivity index (χ1v) is 10.9. The molecule has 0 aromatic heterocycles. The SMILES string of the molecule is CCC1COC(=O)N1C1CCN(S(=O)(=O)c2c(C)cc(Cl)cc2Cl)CC1. The fourth-order valence-corrected chi connectivity index (χ4v) is 6.35. The molecule has 0 spiro atoms. The molecule has 2 fully saturated rings. The molecular weight excluding hydrogens is 399 g/mol. The van der Waals surface area contributed by atoms with Gasteiger partial charge in [-0.3, -0.25) is 4.90 Å². The van der Waals surface area contributed by atoms with Gasteiger partial charge < -0.3 is 4.74 Å². The standard InChI is InChI=1S/C17H22Cl2N2O4S/c1-3-13-10-25-17(22)21(13)14-4-6-20(7-5-14)26(23,24)16-11(2)8-12(18)9-15(16)19/h8-9,13-14H,3-7,10H2,1-2H3. The van der Waals surface area contributed by atoms with Gasteiger partial charge >= 0.3 is 6.09 Å². The Labute approximate surface area is 164 Å². The lowest BCUT2D eigenvalue weighted by Crippen LogP contribution is -2.49. The molecule has 2 aliphatic rings. The van der Waals surface area contributed by atoms with Crippen molar-refractivity contribution < 1.29 is 17.9 Å². The Bertz CT molecular complexity index is 784. The van der Waals surface area contributed by atoms with Crippen LogP contribution >= 0.6 is 23.2 Å². The molecule has 0 saturated carbocycles. The van der Waals surface area contributed by atoms with Gasteiger partial charge in [0.2, 0.25) is 10.0 Å². The molecule has 1 aromatic carbocycles. The van der Waals surface area contributed by atoms with Crippen LogP contribution in [0.3, 0.4) is 0 Å². The van der Waals surface area contributed by atoms with Gasteiger partial charge in [-0.2, -0.15) is 4.31 Å². The summed E-state index contributed by atoms with van der Waals surface area (Å²) in [4.78, 5) is 13.9. The van der Waals surface area contributed by atoms with E-state index in [0.717, 1.165) is 6.42 Å². The minimum atomic E-state index is -3.71. The molecule has 0 radical (unpaired) electrons. The van der Waals surface area contributed by atoms with Crippen LogP contribution in [0.5, 0.6) is 0 Å². The Morgan fingerprint density at radius 2 is 1.88 bits per heavy atom. The third-order valence-electron chi connectivity index (χ3n) is 5.08. The van der Waals surface area contributed by atoms with E-state index in [2.05, 4.69) is 0 Å². The number of hydrogen-bond donors (Lipinski definition) is 0. The van der Waals surface area contributed by atoms with Gasteiger partial charge in [0.15, 0.2) is 0 Å². The third-order valence-corrected chi connectivity index (χ3v) is 7.81. The fraction of sp³-hybridized carbons (Fsp3) is 0.588. The molecule has 1 unspecified atom stereocenters. The van der Waals surface area contributed by atoms with Crippen LogP contribution < -0.4 is 0 Å². The number of rotatable bonds is 4. The van der Waals surface area contributed by atoms with E-state index in [1.165, 1.54) is 10.4 Å². The summed E-state index contributed by atoms with van der Waals surface area (Å²) in [6.45, 7) is 4.79. The molecule has 26 heavy (non-hydrogen) atoms. The number of sulfonamides is 1. The van der Waals surface area contributed by atoms with Crippen LogP contribution in [-0.4, -0.2) is 55.5 Å². The van der Waals surface area contributed by atoms with Gasteiger partial charge in [-0.25, -0.2) is 13.2 Å². The van der Waals surface area contributed by atoms with E-state index >= 15 is 0 Å². The summed E-state index contributed by atoms with van der Waals surface area (Å²) in [6, 6.07) is 3.12. The molecule has 1 amide bonds. The Hall–Kier alpha value is -1.02. The largest absolute Gasteiger partial charge is 0.447 e. The number of amides is 1. The van der Waals surface area contributed by atoms with E-state index < -0.39 is 10.0 Å².